The van der Waals surface area contributed by atoms with E-state index in [1.807, 2.05) is 30.3 Å². The van der Waals surface area contributed by atoms with Crippen molar-refractivity contribution < 1.29 is 8.91 Å². The lowest BCUT2D eigenvalue weighted by molar-refractivity contribution is 0.429. The van der Waals surface area contributed by atoms with Gasteiger partial charge < -0.3 is 4.52 Å². The second-order valence-corrected chi connectivity index (χ2v) is 7.54. The molecule has 0 aliphatic heterocycles. The zero-order valence-electron chi connectivity index (χ0n) is 14.6. The van der Waals surface area contributed by atoms with Gasteiger partial charge >= 0.3 is 0 Å². The average molecular weight is 388 g/mol. The standard InChI is InChI=1S/C21H13FN4OS/c22-17-9-12(10-23)1-8-16(17)20-25-19(26-27-20)14-4-2-13(3-5-14)18-11-28-21(24-18)15-6-7-15/h1-5,8-9,11,15H,6-7H2. The Kier molecular flexibility index (Phi) is 3.99. The molecule has 2 aromatic carbocycles. The van der Waals surface area contributed by atoms with Crippen molar-refractivity contribution in [1.82, 2.24) is 15.1 Å². The van der Waals surface area contributed by atoms with E-state index in [2.05, 4.69) is 15.5 Å². The maximum atomic E-state index is 14.2. The molecule has 1 saturated carbocycles. The van der Waals surface area contributed by atoms with Gasteiger partial charge in [-0.1, -0.05) is 29.4 Å². The van der Waals surface area contributed by atoms with Crippen LogP contribution in [0.5, 0.6) is 0 Å². The number of nitriles is 1. The van der Waals surface area contributed by atoms with Gasteiger partial charge in [0.25, 0.3) is 5.89 Å². The van der Waals surface area contributed by atoms with Crippen molar-refractivity contribution in [3.8, 4) is 40.2 Å². The van der Waals surface area contributed by atoms with Crippen LogP contribution in [0, 0.1) is 17.1 Å². The van der Waals surface area contributed by atoms with E-state index in [1.54, 1.807) is 11.3 Å². The van der Waals surface area contributed by atoms with E-state index in [0.717, 1.165) is 22.9 Å². The Labute approximate surface area is 164 Å². The van der Waals surface area contributed by atoms with Crippen LogP contribution in [0.15, 0.2) is 52.4 Å². The Hall–Kier alpha value is -3.37. The van der Waals surface area contributed by atoms with Crippen LogP contribution in [-0.2, 0) is 0 Å². The van der Waals surface area contributed by atoms with E-state index in [-0.39, 0.29) is 17.0 Å². The Bertz CT molecular complexity index is 1200. The molecule has 0 N–H and O–H groups in total. The van der Waals surface area contributed by atoms with Crippen LogP contribution in [0.4, 0.5) is 4.39 Å². The molecule has 0 radical (unpaired) electrons. The number of rotatable bonds is 4. The van der Waals surface area contributed by atoms with Gasteiger partial charge in [-0.25, -0.2) is 9.37 Å². The van der Waals surface area contributed by atoms with E-state index in [4.69, 9.17) is 14.8 Å². The lowest BCUT2D eigenvalue weighted by Crippen LogP contribution is -1.87. The molecule has 1 fully saturated rings. The molecular formula is C21H13FN4OS. The van der Waals surface area contributed by atoms with Crippen molar-refractivity contribution in [2.45, 2.75) is 18.8 Å². The first-order valence-corrected chi connectivity index (χ1v) is 9.69. The van der Waals surface area contributed by atoms with Gasteiger partial charge in [0.15, 0.2) is 0 Å². The van der Waals surface area contributed by atoms with Crippen LogP contribution in [0.2, 0.25) is 0 Å². The van der Waals surface area contributed by atoms with Gasteiger partial charge in [0, 0.05) is 22.4 Å². The third-order valence-electron chi connectivity index (χ3n) is 4.64. The third-order valence-corrected chi connectivity index (χ3v) is 5.65. The fourth-order valence-electron chi connectivity index (χ4n) is 2.94. The number of thiazole rings is 1. The summed E-state index contributed by atoms with van der Waals surface area (Å²) >= 11 is 1.71. The highest BCUT2D eigenvalue weighted by atomic mass is 32.1. The van der Waals surface area contributed by atoms with Crippen LogP contribution >= 0.6 is 11.3 Å². The van der Waals surface area contributed by atoms with Gasteiger partial charge in [-0.2, -0.15) is 10.2 Å². The summed E-state index contributed by atoms with van der Waals surface area (Å²) < 4.78 is 19.4. The fraction of sp³-hybridized carbons (Fsp3) is 0.143. The van der Waals surface area contributed by atoms with E-state index in [1.165, 1.54) is 30.0 Å². The zero-order chi connectivity index (χ0) is 19.1. The largest absolute Gasteiger partial charge is 0.334 e. The van der Waals surface area contributed by atoms with Crippen molar-refractivity contribution in [3.63, 3.8) is 0 Å². The summed E-state index contributed by atoms with van der Waals surface area (Å²) in [6.07, 6.45) is 2.48. The van der Waals surface area contributed by atoms with Crippen molar-refractivity contribution in [3.05, 3.63) is 64.2 Å². The minimum Gasteiger partial charge on any atom is -0.334 e. The molecule has 0 unspecified atom stereocenters. The number of hydrogen-bond donors (Lipinski definition) is 0. The predicted molar refractivity (Wildman–Crippen MR) is 103 cm³/mol. The van der Waals surface area contributed by atoms with Gasteiger partial charge in [-0.05, 0) is 31.0 Å². The average Bonchev–Trinajstić information content (AvgIpc) is 3.26. The predicted octanol–water partition coefficient (Wildman–Crippen LogP) is 5.42. The van der Waals surface area contributed by atoms with E-state index < -0.39 is 5.82 Å². The van der Waals surface area contributed by atoms with Crippen molar-refractivity contribution in [2.75, 3.05) is 0 Å². The third kappa shape index (κ3) is 3.08. The SMILES string of the molecule is N#Cc1ccc(-c2nc(-c3ccc(-c4csc(C5CC5)n4)cc3)no2)c(F)c1. The van der Waals surface area contributed by atoms with Crippen molar-refractivity contribution in [2.24, 2.45) is 0 Å². The summed E-state index contributed by atoms with van der Waals surface area (Å²) in [7, 11) is 0. The van der Waals surface area contributed by atoms with Gasteiger partial charge in [0.2, 0.25) is 5.82 Å². The van der Waals surface area contributed by atoms with Gasteiger partial charge in [-0.15, -0.1) is 11.3 Å². The minimum absolute atomic E-state index is 0.0784. The number of aromatic nitrogens is 3. The number of hydrogen-bond acceptors (Lipinski definition) is 6. The van der Waals surface area contributed by atoms with E-state index >= 15 is 0 Å². The monoisotopic (exact) mass is 388 g/mol. The molecule has 0 amide bonds. The minimum atomic E-state index is -0.570. The summed E-state index contributed by atoms with van der Waals surface area (Å²) in [6, 6.07) is 13.8. The lowest BCUT2D eigenvalue weighted by Gasteiger charge is -1.99. The molecule has 4 aromatic rings. The fourth-order valence-corrected chi connectivity index (χ4v) is 3.94. The molecule has 0 saturated heterocycles. The first-order valence-electron chi connectivity index (χ1n) is 8.81. The van der Waals surface area contributed by atoms with E-state index in [9.17, 15) is 4.39 Å². The molecule has 136 valence electrons. The Morgan fingerprint density at radius 2 is 1.86 bits per heavy atom. The van der Waals surface area contributed by atoms with Crippen LogP contribution in [-0.4, -0.2) is 15.1 Å². The maximum absolute atomic E-state index is 14.2. The molecule has 5 nitrogen and oxygen atoms in total. The second-order valence-electron chi connectivity index (χ2n) is 6.65. The number of benzene rings is 2. The summed E-state index contributed by atoms with van der Waals surface area (Å²) in [5.74, 6) is 0.537. The smallest absolute Gasteiger partial charge is 0.261 e. The topological polar surface area (TPSA) is 75.6 Å². The first-order chi connectivity index (χ1) is 13.7. The Balaban J connectivity index is 1.40. The summed E-state index contributed by atoms with van der Waals surface area (Å²) in [5.41, 5.74) is 3.19. The molecule has 1 aliphatic carbocycles. The van der Waals surface area contributed by atoms with Gasteiger partial charge in [-0.3, -0.25) is 0 Å². The van der Waals surface area contributed by atoms with Gasteiger partial charge in [0.05, 0.1) is 27.9 Å². The molecule has 1 aliphatic rings. The zero-order valence-corrected chi connectivity index (χ0v) is 15.4. The summed E-state index contributed by atoms with van der Waals surface area (Å²) in [5, 5.41) is 16.1. The van der Waals surface area contributed by atoms with Gasteiger partial charge in [0.1, 0.15) is 5.82 Å². The highest BCUT2D eigenvalue weighted by molar-refractivity contribution is 7.10. The highest BCUT2D eigenvalue weighted by Gasteiger charge is 2.26. The maximum Gasteiger partial charge on any atom is 0.261 e. The summed E-state index contributed by atoms with van der Waals surface area (Å²) in [6.45, 7) is 0. The van der Waals surface area contributed by atoms with Crippen molar-refractivity contribution in [1.29, 1.82) is 5.26 Å². The number of halogens is 1. The van der Waals surface area contributed by atoms with Crippen molar-refractivity contribution >= 4 is 11.3 Å². The molecule has 28 heavy (non-hydrogen) atoms. The lowest BCUT2D eigenvalue weighted by atomic mass is 10.1. The first kappa shape index (κ1) is 16.8. The number of nitrogens with zero attached hydrogens (tertiary/aromatic N) is 4. The second kappa shape index (κ2) is 6.66. The molecule has 0 spiro atoms. The molecular weight excluding hydrogens is 375 g/mol. The molecule has 2 aromatic heterocycles. The quantitative estimate of drug-likeness (QED) is 0.467. The van der Waals surface area contributed by atoms with Crippen LogP contribution in [0.1, 0.15) is 29.3 Å². The molecule has 7 heteroatoms. The van der Waals surface area contributed by atoms with E-state index in [0.29, 0.717) is 11.7 Å². The van der Waals surface area contributed by atoms with Crippen LogP contribution in [0.3, 0.4) is 0 Å². The van der Waals surface area contributed by atoms with Crippen LogP contribution < -0.4 is 0 Å². The highest BCUT2D eigenvalue weighted by Crippen LogP contribution is 2.42. The normalized spacial score (nSPS) is 13.4. The van der Waals surface area contributed by atoms with Crippen LogP contribution in [0.25, 0.3) is 34.1 Å². The summed E-state index contributed by atoms with van der Waals surface area (Å²) in [4.78, 5) is 9.01. The molecule has 0 bridgehead atoms. The Morgan fingerprint density at radius 3 is 2.57 bits per heavy atom. The molecule has 0 atom stereocenters. The molecule has 5 rings (SSSR count). The molecule has 2 heterocycles. The Morgan fingerprint density at radius 1 is 1.07 bits per heavy atom.